The number of aromatic amines is 1. The van der Waals surface area contributed by atoms with Crippen LogP contribution < -0.4 is 11.4 Å². The van der Waals surface area contributed by atoms with E-state index in [0.29, 0.717) is 11.2 Å². The summed E-state index contributed by atoms with van der Waals surface area (Å²) in [5, 5.41) is 0. The number of rotatable bonds is 2. The van der Waals surface area contributed by atoms with Crippen molar-refractivity contribution in [2.24, 2.45) is 0 Å². The van der Waals surface area contributed by atoms with Gasteiger partial charge in [0.1, 0.15) is 0 Å². The standard InChI is InChI=1S/C15H15N3O3S/c1-9-4-3-5-11(6-9)22(20,21)18-14-8-12(16)10(2)7-13(14)17-15(18)19/h3-8H,16H2,1-2H3,(H,17,19). The third-order valence-electron chi connectivity index (χ3n) is 3.56. The quantitative estimate of drug-likeness (QED) is 0.704. The van der Waals surface area contributed by atoms with E-state index in [-0.39, 0.29) is 10.4 Å². The van der Waals surface area contributed by atoms with Gasteiger partial charge in [-0.3, -0.25) is 0 Å². The van der Waals surface area contributed by atoms with Crippen molar-refractivity contribution < 1.29 is 8.42 Å². The fraction of sp³-hybridized carbons (Fsp3) is 0.133. The third kappa shape index (κ3) is 2.10. The maximum Gasteiger partial charge on any atom is 0.340 e. The van der Waals surface area contributed by atoms with Crippen molar-refractivity contribution in [3.8, 4) is 0 Å². The molecule has 0 saturated heterocycles. The van der Waals surface area contributed by atoms with Crippen molar-refractivity contribution in [2.45, 2.75) is 18.7 Å². The van der Waals surface area contributed by atoms with E-state index in [2.05, 4.69) is 4.98 Å². The number of nitrogens with one attached hydrogen (secondary N) is 1. The zero-order valence-corrected chi connectivity index (χ0v) is 12.9. The molecule has 1 aromatic heterocycles. The molecule has 114 valence electrons. The molecule has 0 fully saturated rings. The number of nitrogens with zero attached hydrogens (tertiary/aromatic N) is 1. The van der Waals surface area contributed by atoms with E-state index in [9.17, 15) is 13.2 Å². The Hall–Kier alpha value is -2.54. The number of hydrogen-bond donors (Lipinski definition) is 2. The number of benzene rings is 2. The van der Waals surface area contributed by atoms with Crippen LogP contribution >= 0.6 is 0 Å². The summed E-state index contributed by atoms with van der Waals surface area (Å²) in [5.41, 5.74) is 7.82. The first-order valence-electron chi connectivity index (χ1n) is 6.64. The number of hydrogen-bond acceptors (Lipinski definition) is 4. The van der Waals surface area contributed by atoms with E-state index in [1.807, 2.05) is 0 Å². The van der Waals surface area contributed by atoms with Crippen LogP contribution in [0.3, 0.4) is 0 Å². The Morgan fingerprint density at radius 3 is 2.55 bits per heavy atom. The Labute approximate surface area is 127 Å². The highest BCUT2D eigenvalue weighted by Gasteiger charge is 2.23. The SMILES string of the molecule is Cc1cccc(S(=O)(=O)n2c(=O)[nH]c3cc(C)c(N)cc32)c1. The zero-order valence-electron chi connectivity index (χ0n) is 12.1. The molecule has 1 heterocycles. The first kappa shape index (κ1) is 14.4. The molecule has 0 radical (unpaired) electrons. The van der Waals surface area contributed by atoms with E-state index >= 15 is 0 Å². The van der Waals surface area contributed by atoms with E-state index in [1.165, 1.54) is 18.2 Å². The van der Waals surface area contributed by atoms with Gasteiger partial charge in [-0.2, -0.15) is 3.97 Å². The molecule has 0 spiro atoms. The summed E-state index contributed by atoms with van der Waals surface area (Å²) in [6, 6.07) is 9.58. The molecule has 0 aliphatic heterocycles. The van der Waals surface area contributed by atoms with E-state index < -0.39 is 15.7 Å². The average Bonchev–Trinajstić information content (AvgIpc) is 2.75. The first-order valence-corrected chi connectivity index (χ1v) is 8.08. The van der Waals surface area contributed by atoms with Crippen LogP contribution in [0.5, 0.6) is 0 Å². The van der Waals surface area contributed by atoms with Crippen LogP contribution in [-0.4, -0.2) is 17.4 Å². The van der Waals surface area contributed by atoms with Gasteiger partial charge in [-0.15, -0.1) is 0 Å². The Morgan fingerprint density at radius 1 is 1.14 bits per heavy atom. The lowest BCUT2D eigenvalue weighted by atomic mass is 10.2. The number of nitrogen functional groups attached to an aromatic ring is 1. The molecule has 0 atom stereocenters. The second-order valence-electron chi connectivity index (χ2n) is 5.24. The Morgan fingerprint density at radius 2 is 1.86 bits per heavy atom. The number of H-pyrrole nitrogens is 1. The molecule has 0 aliphatic carbocycles. The first-order chi connectivity index (χ1) is 10.3. The summed E-state index contributed by atoms with van der Waals surface area (Å²) >= 11 is 0. The van der Waals surface area contributed by atoms with Crippen molar-refractivity contribution >= 4 is 26.7 Å². The van der Waals surface area contributed by atoms with Gasteiger partial charge in [0.05, 0.1) is 15.9 Å². The highest BCUT2D eigenvalue weighted by molar-refractivity contribution is 7.90. The van der Waals surface area contributed by atoms with Gasteiger partial charge >= 0.3 is 5.69 Å². The van der Waals surface area contributed by atoms with Crippen molar-refractivity contribution in [1.29, 1.82) is 0 Å². The van der Waals surface area contributed by atoms with Gasteiger partial charge < -0.3 is 10.7 Å². The van der Waals surface area contributed by atoms with E-state index in [0.717, 1.165) is 15.1 Å². The van der Waals surface area contributed by atoms with Crippen LogP contribution in [0.15, 0.2) is 46.1 Å². The Bertz CT molecular complexity index is 1050. The smallest absolute Gasteiger partial charge is 0.340 e. The number of aromatic nitrogens is 2. The fourth-order valence-corrected chi connectivity index (χ4v) is 3.85. The number of aryl methyl sites for hydroxylation is 2. The Balaban J connectivity index is 2.37. The molecule has 3 N–H and O–H groups in total. The third-order valence-corrected chi connectivity index (χ3v) is 5.25. The lowest BCUT2D eigenvalue weighted by molar-refractivity contribution is 0.587. The molecule has 7 heteroatoms. The molecular weight excluding hydrogens is 302 g/mol. The number of fused-ring (bicyclic) bond motifs is 1. The molecule has 0 saturated carbocycles. The summed E-state index contributed by atoms with van der Waals surface area (Å²) < 4.78 is 26.3. The van der Waals surface area contributed by atoms with Gasteiger partial charge in [-0.05, 0) is 49.2 Å². The lowest BCUT2D eigenvalue weighted by Crippen LogP contribution is -2.25. The van der Waals surface area contributed by atoms with Crippen LogP contribution in [-0.2, 0) is 10.0 Å². The van der Waals surface area contributed by atoms with Crippen molar-refractivity contribution in [3.63, 3.8) is 0 Å². The van der Waals surface area contributed by atoms with Crippen LogP contribution in [0, 0.1) is 13.8 Å². The molecule has 0 bridgehead atoms. The highest BCUT2D eigenvalue weighted by atomic mass is 32.2. The summed E-state index contributed by atoms with van der Waals surface area (Å²) in [6.07, 6.45) is 0. The van der Waals surface area contributed by atoms with Crippen LogP contribution in [0.25, 0.3) is 11.0 Å². The summed E-state index contributed by atoms with van der Waals surface area (Å²) in [6.45, 7) is 3.58. The predicted octanol–water partition coefficient (Wildman–Crippen LogP) is 1.77. The number of anilines is 1. The average molecular weight is 317 g/mol. The summed E-state index contributed by atoms with van der Waals surface area (Å²) in [5.74, 6) is 0. The van der Waals surface area contributed by atoms with E-state index in [1.54, 1.807) is 32.0 Å². The molecule has 0 aliphatic rings. The maximum absolute atomic E-state index is 12.8. The van der Waals surface area contributed by atoms with Gasteiger partial charge in [0.2, 0.25) is 0 Å². The van der Waals surface area contributed by atoms with Crippen molar-refractivity contribution in [1.82, 2.24) is 8.96 Å². The fourth-order valence-electron chi connectivity index (χ4n) is 2.38. The zero-order chi connectivity index (χ0) is 16.1. The van der Waals surface area contributed by atoms with E-state index in [4.69, 9.17) is 5.73 Å². The maximum atomic E-state index is 12.8. The summed E-state index contributed by atoms with van der Waals surface area (Å²) in [7, 11) is -3.99. The van der Waals surface area contributed by atoms with Crippen molar-refractivity contribution in [2.75, 3.05) is 5.73 Å². The second kappa shape index (κ2) is 4.74. The highest BCUT2D eigenvalue weighted by Crippen LogP contribution is 2.23. The van der Waals surface area contributed by atoms with Crippen LogP contribution in [0.4, 0.5) is 5.69 Å². The molecule has 22 heavy (non-hydrogen) atoms. The molecule has 2 aromatic carbocycles. The minimum Gasteiger partial charge on any atom is -0.398 e. The lowest BCUT2D eigenvalue weighted by Gasteiger charge is -2.07. The van der Waals surface area contributed by atoms with Gasteiger partial charge in [-0.1, -0.05) is 12.1 Å². The molecular formula is C15H15N3O3S. The predicted molar refractivity (Wildman–Crippen MR) is 85.5 cm³/mol. The molecule has 3 rings (SSSR count). The molecule has 3 aromatic rings. The number of imidazole rings is 1. The van der Waals surface area contributed by atoms with Gasteiger partial charge in [0.25, 0.3) is 10.0 Å². The number of nitrogens with two attached hydrogens (primary N) is 1. The molecule has 6 nitrogen and oxygen atoms in total. The van der Waals surface area contributed by atoms with Gasteiger partial charge in [0.15, 0.2) is 0 Å². The minimum atomic E-state index is -3.99. The minimum absolute atomic E-state index is 0.0645. The largest absolute Gasteiger partial charge is 0.398 e. The van der Waals surface area contributed by atoms with Gasteiger partial charge in [0, 0.05) is 5.69 Å². The molecule has 0 amide bonds. The van der Waals surface area contributed by atoms with Crippen LogP contribution in [0.1, 0.15) is 11.1 Å². The van der Waals surface area contributed by atoms with Crippen LogP contribution in [0.2, 0.25) is 0 Å². The molecule has 0 unspecified atom stereocenters. The monoisotopic (exact) mass is 317 g/mol. The van der Waals surface area contributed by atoms with Crippen molar-refractivity contribution in [3.05, 3.63) is 58.0 Å². The normalized spacial score (nSPS) is 11.9. The summed E-state index contributed by atoms with van der Waals surface area (Å²) in [4.78, 5) is 14.8. The topological polar surface area (TPSA) is 98.0 Å². The second-order valence-corrected chi connectivity index (χ2v) is 7.03. The Kier molecular flexibility index (Phi) is 3.10. The van der Waals surface area contributed by atoms with Gasteiger partial charge in [-0.25, -0.2) is 13.2 Å².